The average molecular weight is 295 g/mol. The minimum absolute atomic E-state index is 0.0132. The molecule has 6 heteroatoms. The predicted octanol–water partition coefficient (Wildman–Crippen LogP) is 1.21. The molecule has 1 aliphatic heterocycles. The fourth-order valence-electron chi connectivity index (χ4n) is 2.05. The number of carbonyl (C=O) groups is 2. The first-order valence-electron chi connectivity index (χ1n) is 6.92. The molecule has 0 aliphatic carbocycles. The van der Waals surface area contributed by atoms with Gasteiger partial charge in [-0.2, -0.15) is 0 Å². The molecule has 0 radical (unpaired) electrons. The van der Waals surface area contributed by atoms with E-state index in [2.05, 4.69) is 5.32 Å². The molecule has 0 aromatic heterocycles. The quantitative estimate of drug-likeness (QED) is 0.801. The molecule has 1 atom stereocenters. The first-order valence-corrected chi connectivity index (χ1v) is 6.92. The molecule has 1 saturated heterocycles. The van der Waals surface area contributed by atoms with Gasteiger partial charge in [0.1, 0.15) is 5.82 Å². The van der Waals surface area contributed by atoms with Crippen molar-refractivity contribution in [3.8, 4) is 0 Å². The van der Waals surface area contributed by atoms with Gasteiger partial charge in [-0.25, -0.2) is 4.39 Å². The van der Waals surface area contributed by atoms with Crippen molar-refractivity contribution in [2.45, 2.75) is 25.4 Å². The van der Waals surface area contributed by atoms with Crippen LogP contribution in [-0.2, 0) is 25.5 Å². The topological polar surface area (TPSA) is 64.6 Å². The molecule has 5 nitrogen and oxygen atoms in total. The molecule has 0 bridgehead atoms. The molecule has 1 heterocycles. The Hall–Kier alpha value is -1.95. The Bertz CT molecular complexity index is 483. The highest BCUT2D eigenvalue weighted by molar-refractivity contribution is 5.81. The highest BCUT2D eigenvalue weighted by atomic mass is 19.1. The molecule has 114 valence electrons. The number of benzene rings is 1. The highest BCUT2D eigenvalue weighted by Crippen LogP contribution is 2.10. The summed E-state index contributed by atoms with van der Waals surface area (Å²) in [5.41, 5.74) is 0.640. The van der Waals surface area contributed by atoms with Crippen LogP contribution in [0.15, 0.2) is 24.3 Å². The van der Waals surface area contributed by atoms with E-state index in [-0.39, 0.29) is 30.9 Å². The Labute approximate surface area is 122 Å². The van der Waals surface area contributed by atoms with Crippen LogP contribution in [0, 0.1) is 5.82 Å². The van der Waals surface area contributed by atoms with Crippen molar-refractivity contribution in [2.75, 3.05) is 19.8 Å². The standard InChI is InChI=1S/C15H18FNO4/c16-12-5-3-11(4-6-12)8-15(19)21-10-14(18)17-9-13-2-1-7-20-13/h3-6,13H,1-2,7-10H2,(H,17,18). The lowest BCUT2D eigenvalue weighted by atomic mass is 10.1. The van der Waals surface area contributed by atoms with Gasteiger partial charge in [-0.15, -0.1) is 0 Å². The minimum atomic E-state index is -0.520. The second-order valence-corrected chi connectivity index (χ2v) is 4.90. The van der Waals surface area contributed by atoms with Crippen molar-refractivity contribution in [2.24, 2.45) is 0 Å². The summed E-state index contributed by atoms with van der Waals surface area (Å²) in [6.45, 7) is 0.855. The molecular formula is C15H18FNO4. The van der Waals surface area contributed by atoms with Crippen molar-refractivity contribution in [3.63, 3.8) is 0 Å². The second-order valence-electron chi connectivity index (χ2n) is 4.90. The first-order chi connectivity index (χ1) is 10.1. The number of amides is 1. The molecule has 2 rings (SSSR count). The van der Waals surface area contributed by atoms with Crippen molar-refractivity contribution < 1.29 is 23.5 Å². The highest BCUT2D eigenvalue weighted by Gasteiger charge is 2.16. The SMILES string of the molecule is O=C(COC(=O)Cc1ccc(F)cc1)NCC1CCCO1. The van der Waals surface area contributed by atoms with Crippen LogP contribution in [-0.4, -0.2) is 37.7 Å². The Morgan fingerprint density at radius 2 is 2.10 bits per heavy atom. The number of rotatable bonds is 6. The zero-order valence-corrected chi connectivity index (χ0v) is 11.6. The van der Waals surface area contributed by atoms with Crippen LogP contribution < -0.4 is 5.32 Å². The van der Waals surface area contributed by atoms with Gasteiger partial charge in [0, 0.05) is 13.2 Å². The molecule has 1 amide bonds. The van der Waals surface area contributed by atoms with E-state index in [9.17, 15) is 14.0 Å². The lowest BCUT2D eigenvalue weighted by molar-refractivity contribution is -0.148. The normalized spacial score (nSPS) is 17.5. The van der Waals surface area contributed by atoms with Crippen LogP contribution in [0.4, 0.5) is 4.39 Å². The van der Waals surface area contributed by atoms with Crippen LogP contribution in [0.2, 0.25) is 0 Å². The van der Waals surface area contributed by atoms with E-state index >= 15 is 0 Å². The Morgan fingerprint density at radius 1 is 1.33 bits per heavy atom. The van der Waals surface area contributed by atoms with Gasteiger partial charge in [0.2, 0.25) is 0 Å². The van der Waals surface area contributed by atoms with Crippen LogP contribution in [0.5, 0.6) is 0 Å². The number of halogens is 1. The number of nitrogens with one attached hydrogen (secondary N) is 1. The fraction of sp³-hybridized carbons (Fsp3) is 0.467. The van der Waals surface area contributed by atoms with Crippen LogP contribution in [0.1, 0.15) is 18.4 Å². The zero-order valence-electron chi connectivity index (χ0n) is 11.6. The van der Waals surface area contributed by atoms with Gasteiger partial charge < -0.3 is 14.8 Å². The van der Waals surface area contributed by atoms with Gasteiger partial charge in [0.25, 0.3) is 5.91 Å². The summed E-state index contributed by atoms with van der Waals surface area (Å²) in [7, 11) is 0. The maximum absolute atomic E-state index is 12.7. The van der Waals surface area contributed by atoms with E-state index in [1.54, 1.807) is 0 Å². The van der Waals surface area contributed by atoms with Gasteiger partial charge in [0.15, 0.2) is 6.61 Å². The summed E-state index contributed by atoms with van der Waals surface area (Å²) in [6, 6.07) is 5.57. The van der Waals surface area contributed by atoms with Crippen LogP contribution in [0.3, 0.4) is 0 Å². The lowest BCUT2D eigenvalue weighted by Gasteiger charge is -2.11. The molecule has 1 fully saturated rings. The third-order valence-corrected chi connectivity index (χ3v) is 3.18. The summed E-state index contributed by atoms with van der Waals surface area (Å²) in [5, 5.41) is 2.66. The van der Waals surface area contributed by atoms with Crippen molar-refractivity contribution >= 4 is 11.9 Å². The molecule has 1 aromatic carbocycles. The number of esters is 1. The molecular weight excluding hydrogens is 277 g/mol. The lowest BCUT2D eigenvalue weighted by Crippen LogP contribution is -2.35. The van der Waals surface area contributed by atoms with E-state index in [1.807, 2.05) is 0 Å². The van der Waals surface area contributed by atoms with E-state index in [0.29, 0.717) is 12.1 Å². The molecule has 0 spiro atoms. The number of carbonyl (C=O) groups excluding carboxylic acids is 2. The molecule has 1 aromatic rings. The number of hydrogen-bond donors (Lipinski definition) is 1. The molecule has 1 N–H and O–H groups in total. The van der Waals surface area contributed by atoms with Crippen molar-refractivity contribution in [1.29, 1.82) is 0 Å². The monoisotopic (exact) mass is 295 g/mol. The Kier molecular flexibility index (Phi) is 5.68. The summed E-state index contributed by atoms with van der Waals surface area (Å²) < 4.78 is 22.9. The Balaban J connectivity index is 1.63. The van der Waals surface area contributed by atoms with Crippen LogP contribution >= 0.6 is 0 Å². The van der Waals surface area contributed by atoms with Gasteiger partial charge in [-0.1, -0.05) is 12.1 Å². The average Bonchev–Trinajstić information content (AvgIpc) is 2.99. The summed E-state index contributed by atoms with van der Waals surface area (Å²) in [5.74, 6) is -1.23. The third-order valence-electron chi connectivity index (χ3n) is 3.18. The van der Waals surface area contributed by atoms with E-state index in [0.717, 1.165) is 19.4 Å². The Morgan fingerprint density at radius 3 is 2.76 bits per heavy atom. The third kappa shape index (κ3) is 5.51. The molecule has 1 unspecified atom stereocenters. The van der Waals surface area contributed by atoms with Crippen molar-refractivity contribution in [3.05, 3.63) is 35.6 Å². The second kappa shape index (κ2) is 7.73. The number of ether oxygens (including phenoxy) is 2. The molecule has 1 aliphatic rings. The van der Waals surface area contributed by atoms with E-state index < -0.39 is 5.97 Å². The van der Waals surface area contributed by atoms with Crippen LogP contribution in [0.25, 0.3) is 0 Å². The fourth-order valence-corrected chi connectivity index (χ4v) is 2.05. The minimum Gasteiger partial charge on any atom is -0.455 e. The van der Waals surface area contributed by atoms with E-state index in [4.69, 9.17) is 9.47 Å². The summed E-state index contributed by atoms with van der Waals surface area (Å²) >= 11 is 0. The largest absolute Gasteiger partial charge is 0.455 e. The van der Waals surface area contributed by atoms with Crippen molar-refractivity contribution in [1.82, 2.24) is 5.32 Å². The van der Waals surface area contributed by atoms with Gasteiger partial charge in [0.05, 0.1) is 12.5 Å². The maximum Gasteiger partial charge on any atom is 0.310 e. The predicted molar refractivity (Wildman–Crippen MR) is 73.0 cm³/mol. The van der Waals surface area contributed by atoms with E-state index in [1.165, 1.54) is 24.3 Å². The summed E-state index contributed by atoms with van der Waals surface area (Å²) in [4.78, 5) is 23.0. The molecule has 21 heavy (non-hydrogen) atoms. The maximum atomic E-state index is 12.7. The smallest absolute Gasteiger partial charge is 0.310 e. The van der Waals surface area contributed by atoms with Gasteiger partial charge >= 0.3 is 5.97 Å². The van der Waals surface area contributed by atoms with Gasteiger partial charge in [-0.05, 0) is 30.5 Å². The number of hydrogen-bond acceptors (Lipinski definition) is 4. The first kappa shape index (κ1) is 15.4. The molecule has 0 saturated carbocycles. The summed E-state index contributed by atoms with van der Waals surface area (Å²) in [6.07, 6.45) is 2.01. The van der Waals surface area contributed by atoms with Gasteiger partial charge in [-0.3, -0.25) is 9.59 Å². The zero-order chi connectivity index (χ0) is 15.1.